The number of hydrogen-bond donors (Lipinski definition) is 0. The lowest BCUT2D eigenvalue weighted by Gasteiger charge is -2.10. The van der Waals surface area contributed by atoms with Crippen LogP contribution in [0.25, 0.3) is 0 Å². The van der Waals surface area contributed by atoms with Crippen LogP contribution >= 0.6 is 0 Å². The van der Waals surface area contributed by atoms with Gasteiger partial charge >= 0.3 is 0 Å². The van der Waals surface area contributed by atoms with Gasteiger partial charge in [0.1, 0.15) is 13.7 Å². The van der Waals surface area contributed by atoms with Gasteiger partial charge in [0, 0.05) is 5.56 Å². The lowest BCUT2D eigenvalue weighted by Crippen LogP contribution is -2.17. The molecule has 0 bridgehead atoms. The van der Waals surface area contributed by atoms with Crippen LogP contribution in [-0.4, -0.2) is 18.7 Å². The Morgan fingerprint density at radius 2 is 1.52 bits per heavy atom. The van der Waals surface area contributed by atoms with E-state index in [1.165, 1.54) is 7.11 Å². The normalized spacial score (nSPS) is 14.5. The molecule has 0 aliphatic carbocycles. The monoisotopic (exact) mass is 356 g/mol. The third kappa shape index (κ3) is 2.81. The molecular formula is C16H9F5N2O2. The zero-order chi connectivity index (χ0) is 18.1. The van der Waals surface area contributed by atoms with Crippen molar-refractivity contribution in [3.8, 4) is 0 Å². The lowest BCUT2D eigenvalue weighted by atomic mass is 10.1. The van der Waals surface area contributed by atoms with Gasteiger partial charge in [-0.3, -0.25) is 0 Å². The topological polar surface area (TPSA) is 43.2 Å². The molecule has 130 valence electrons. The second-order valence-electron chi connectivity index (χ2n) is 4.89. The molecule has 0 saturated heterocycles. The summed E-state index contributed by atoms with van der Waals surface area (Å²) in [6.07, 6.45) is 0. The minimum absolute atomic E-state index is 0.141. The number of oxime groups is 1. The quantitative estimate of drug-likeness (QED) is 0.361. The molecular weight excluding hydrogens is 347 g/mol. The highest BCUT2D eigenvalue weighted by Crippen LogP contribution is 2.29. The van der Waals surface area contributed by atoms with Gasteiger partial charge in [-0.15, -0.1) is 0 Å². The van der Waals surface area contributed by atoms with E-state index in [2.05, 4.69) is 15.0 Å². The lowest BCUT2D eigenvalue weighted by molar-refractivity contribution is 0.212. The number of para-hydroxylation sites is 1. The van der Waals surface area contributed by atoms with Crippen LogP contribution in [-0.2, 0) is 16.2 Å². The van der Waals surface area contributed by atoms with Gasteiger partial charge in [0.15, 0.2) is 29.0 Å². The fraction of sp³-hybridized carbons (Fsp3) is 0.125. The highest BCUT2D eigenvalue weighted by molar-refractivity contribution is 6.49. The first-order valence-electron chi connectivity index (χ1n) is 6.88. The van der Waals surface area contributed by atoms with E-state index >= 15 is 0 Å². The van der Waals surface area contributed by atoms with E-state index in [4.69, 9.17) is 4.74 Å². The average Bonchev–Trinajstić information content (AvgIpc) is 2.96. The Labute approximate surface area is 138 Å². The van der Waals surface area contributed by atoms with E-state index in [9.17, 15) is 22.0 Å². The van der Waals surface area contributed by atoms with E-state index in [1.54, 1.807) is 24.3 Å². The van der Waals surface area contributed by atoms with E-state index in [0.29, 0.717) is 11.3 Å². The number of hydrogen-bond acceptors (Lipinski definition) is 4. The summed E-state index contributed by atoms with van der Waals surface area (Å²) in [5.41, 5.74) is 0.0382. The maximum absolute atomic E-state index is 13.7. The molecule has 0 unspecified atom stereocenters. The molecule has 2 aromatic rings. The maximum atomic E-state index is 13.7. The molecule has 0 fully saturated rings. The molecule has 25 heavy (non-hydrogen) atoms. The summed E-state index contributed by atoms with van der Waals surface area (Å²) in [7, 11) is 1.27. The van der Waals surface area contributed by atoms with E-state index in [1.807, 2.05) is 0 Å². The van der Waals surface area contributed by atoms with Crippen molar-refractivity contribution in [3.05, 3.63) is 64.5 Å². The van der Waals surface area contributed by atoms with Crippen molar-refractivity contribution in [1.82, 2.24) is 0 Å². The van der Waals surface area contributed by atoms with Crippen LogP contribution < -0.4 is 0 Å². The molecule has 0 saturated carbocycles. The van der Waals surface area contributed by atoms with Crippen LogP contribution in [0.2, 0.25) is 0 Å². The fourth-order valence-corrected chi connectivity index (χ4v) is 2.25. The molecule has 4 nitrogen and oxygen atoms in total. The Hall–Kier alpha value is -2.97. The van der Waals surface area contributed by atoms with Crippen LogP contribution in [0.4, 0.5) is 27.6 Å². The largest absolute Gasteiger partial charge is 0.471 e. The van der Waals surface area contributed by atoms with Crippen molar-refractivity contribution in [3.63, 3.8) is 0 Å². The highest BCUT2D eigenvalue weighted by Gasteiger charge is 2.29. The summed E-state index contributed by atoms with van der Waals surface area (Å²) in [5.74, 6) is -10.4. The highest BCUT2D eigenvalue weighted by atomic mass is 19.2. The molecule has 3 rings (SSSR count). The molecule has 1 heterocycles. The van der Waals surface area contributed by atoms with Crippen molar-refractivity contribution in [2.75, 3.05) is 7.11 Å². The fourth-order valence-electron chi connectivity index (χ4n) is 2.25. The van der Waals surface area contributed by atoms with Gasteiger partial charge in [0.05, 0.1) is 11.3 Å². The second kappa shape index (κ2) is 6.50. The third-order valence-electron chi connectivity index (χ3n) is 3.42. The average molecular weight is 356 g/mol. The zero-order valence-corrected chi connectivity index (χ0v) is 12.6. The maximum Gasteiger partial charge on any atom is 0.245 e. The number of rotatable bonds is 3. The van der Waals surface area contributed by atoms with Gasteiger partial charge in [0.25, 0.3) is 0 Å². The first-order chi connectivity index (χ1) is 12.0. The Bertz CT molecular complexity index is 883. The zero-order valence-electron chi connectivity index (χ0n) is 12.6. The van der Waals surface area contributed by atoms with Gasteiger partial charge in [-0.05, 0) is 6.07 Å². The van der Waals surface area contributed by atoms with Crippen molar-refractivity contribution in [2.24, 2.45) is 10.1 Å². The van der Waals surface area contributed by atoms with Gasteiger partial charge in [-0.1, -0.05) is 23.4 Å². The molecule has 0 radical (unpaired) electrons. The Morgan fingerprint density at radius 1 is 0.920 bits per heavy atom. The summed E-state index contributed by atoms with van der Waals surface area (Å²) in [6.45, 7) is -0.929. The minimum atomic E-state index is -2.23. The van der Waals surface area contributed by atoms with Crippen LogP contribution in [0.5, 0.6) is 0 Å². The van der Waals surface area contributed by atoms with Gasteiger partial charge in [0.2, 0.25) is 11.7 Å². The number of nitrogens with zero attached hydrogens (tertiary/aromatic N) is 2. The number of benzene rings is 2. The molecule has 0 spiro atoms. The van der Waals surface area contributed by atoms with Gasteiger partial charge < -0.3 is 9.57 Å². The molecule has 0 aromatic heterocycles. The summed E-state index contributed by atoms with van der Waals surface area (Å²) >= 11 is 0. The predicted octanol–water partition coefficient (Wildman–Crippen LogP) is 3.99. The van der Waals surface area contributed by atoms with Crippen molar-refractivity contribution in [2.45, 2.75) is 6.61 Å². The molecule has 2 aromatic carbocycles. The van der Waals surface area contributed by atoms with Crippen LogP contribution in [0.3, 0.4) is 0 Å². The number of fused-ring (bicyclic) bond motifs is 1. The summed E-state index contributed by atoms with van der Waals surface area (Å²) < 4.78 is 72.0. The minimum Gasteiger partial charge on any atom is -0.471 e. The third-order valence-corrected chi connectivity index (χ3v) is 3.42. The molecule has 0 N–H and O–H groups in total. The van der Waals surface area contributed by atoms with E-state index in [-0.39, 0.29) is 11.6 Å². The molecule has 9 heteroatoms. The summed E-state index contributed by atoms with van der Waals surface area (Å²) in [6, 6.07) is 6.69. The molecule has 0 atom stereocenters. The van der Waals surface area contributed by atoms with E-state index < -0.39 is 41.3 Å². The first-order valence-corrected chi connectivity index (χ1v) is 6.88. The number of aliphatic imine (C=N–C) groups is 1. The predicted molar refractivity (Wildman–Crippen MR) is 78.1 cm³/mol. The Balaban J connectivity index is 1.92. The van der Waals surface area contributed by atoms with Gasteiger partial charge in [-0.25, -0.2) is 26.9 Å². The van der Waals surface area contributed by atoms with Crippen LogP contribution in [0, 0.1) is 29.1 Å². The van der Waals surface area contributed by atoms with E-state index in [0.717, 1.165) is 0 Å². The Kier molecular flexibility index (Phi) is 4.39. The second-order valence-corrected chi connectivity index (χ2v) is 4.89. The van der Waals surface area contributed by atoms with Crippen molar-refractivity contribution >= 4 is 17.3 Å². The van der Waals surface area contributed by atoms with Gasteiger partial charge in [-0.2, -0.15) is 0 Å². The first kappa shape index (κ1) is 16.9. The smallest absolute Gasteiger partial charge is 0.245 e. The van der Waals surface area contributed by atoms with Crippen LogP contribution in [0.15, 0.2) is 34.4 Å². The summed E-state index contributed by atoms with van der Waals surface area (Å²) in [4.78, 5) is 8.74. The SMILES string of the molecule is CO/N=C1/C(OCc2c(F)c(F)c(F)c(F)c2F)=Nc2ccccc21. The van der Waals surface area contributed by atoms with Crippen molar-refractivity contribution in [1.29, 1.82) is 0 Å². The number of ether oxygens (including phenoxy) is 1. The Morgan fingerprint density at radius 3 is 2.16 bits per heavy atom. The standard InChI is InChI=1S/C16H9F5N2O2/c1-24-23-15-7-4-2-3-5-9(7)22-16(15)25-6-8-10(17)12(19)14(21)13(20)11(8)18/h2-5H,6H2,1H3/b23-15+. The van der Waals surface area contributed by atoms with Crippen molar-refractivity contribution < 1.29 is 31.5 Å². The van der Waals surface area contributed by atoms with Crippen LogP contribution in [0.1, 0.15) is 11.1 Å². The molecule has 1 aliphatic rings. The molecule has 1 aliphatic heterocycles. The number of halogens is 5. The summed E-state index contributed by atoms with van der Waals surface area (Å²) in [5, 5.41) is 3.72. The molecule has 0 amide bonds.